The van der Waals surface area contributed by atoms with Crippen LogP contribution >= 0.6 is 11.6 Å². The summed E-state index contributed by atoms with van der Waals surface area (Å²) in [5.41, 5.74) is 3.37. The summed E-state index contributed by atoms with van der Waals surface area (Å²) in [6.07, 6.45) is 1.95. The Morgan fingerprint density at radius 2 is 1.90 bits per heavy atom. The summed E-state index contributed by atoms with van der Waals surface area (Å²) < 4.78 is 6.15. The molecule has 0 aliphatic carbocycles. The zero-order valence-electron chi connectivity index (χ0n) is 16.9. The van der Waals surface area contributed by atoms with Crippen molar-refractivity contribution in [2.24, 2.45) is 0 Å². The molecule has 1 N–H and O–H groups in total. The van der Waals surface area contributed by atoms with Gasteiger partial charge in [0.05, 0.1) is 10.6 Å². The van der Waals surface area contributed by atoms with Crippen LogP contribution in [0.4, 0.5) is 0 Å². The number of rotatable bonds is 6. The van der Waals surface area contributed by atoms with E-state index in [1.807, 2.05) is 45.0 Å². The van der Waals surface area contributed by atoms with Crippen LogP contribution in [0.1, 0.15) is 42.4 Å². The van der Waals surface area contributed by atoms with E-state index in [0.29, 0.717) is 33.4 Å². The molecule has 2 aromatic heterocycles. The van der Waals surface area contributed by atoms with Crippen molar-refractivity contribution in [2.75, 3.05) is 0 Å². The number of carbonyl (C=O) groups is 2. The van der Waals surface area contributed by atoms with Gasteiger partial charge in [0.2, 0.25) is 0 Å². The lowest BCUT2D eigenvalue weighted by Gasteiger charge is -2.08. The molecule has 150 valence electrons. The zero-order chi connectivity index (χ0) is 21.1. The average Bonchev–Trinajstić information content (AvgIpc) is 3.08. The van der Waals surface area contributed by atoms with Gasteiger partial charge in [0, 0.05) is 35.5 Å². The van der Waals surface area contributed by atoms with Gasteiger partial charge >= 0.3 is 0 Å². The largest absolute Gasteiger partial charge is 0.455 e. The van der Waals surface area contributed by atoms with Crippen LogP contribution in [0.2, 0.25) is 5.02 Å². The number of carbonyl (C=O) groups excluding carboxylic acids is 2. The molecular weight excluding hydrogens is 388 g/mol. The second kappa shape index (κ2) is 8.62. The summed E-state index contributed by atoms with van der Waals surface area (Å²) in [6.45, 7) is 7.23. The number of hydrogen-bond acceptors (Lipinski definition) is 4. The molecule has 0 radical (unpaired) electrons. The smallest absolute Gasteiger partial charge is 0.255 e. The third kappa shape index (κ3) is 4.74. The number of aryl methyl sites for hydroxylation is 1. The highest BCUT2D eigenvalue weighted by atomic mass is 35.5. The number of benzene rings is 1. The van der Waals surface area contributed by atoms with Gasteiger partial charge in [-0.25, -0.2) is 0 Å². The molecule has 0 fully saturated rings. The maximum absolute atomic E-state index is 12.8. The lowest BCUT2D eigenvalue weighted by Crippen LogP contribution is -2.30. The summed E-state index contributed by atoms with van der Waals surface area (Å²) in [5.74, 6) is 0.729. The first kappa shape index (κ1) is 20.8. The molecule has 0 saturated heterocycles. The average molecular weight is 411 g/mol. The van der Waals surface area contributed by atoms with Crippen molar-refractivity contribution >= 4 is 23.3 Å². The normalized spacial score (nSPS) is 11.0. The third-order valence-corrected chi connectivity index (χ3v) is 4.70. The second-order valence-electron chi connectivity index (χ2n) is 7.33. The number of furan rings is 1. The molecule has 1 amide bonds. The van der Waals surface area contributed by atoms with Gasteiger partial charge < -0.3 is 9.73 Å². The number of nitrogens with one attached hydrogen (secondary N) is 1. The molecule has 1 aromatic carbocycles. The molecule has 0 spiro atoms. The minimum atomic E-state index is -0.236. The van der Waals surface area contributed by atoms with Crippen LogP contribution in [0.3, 0.4) is 0 Å². The van der Waals surface area contributed by atoms with E-state index >= 15 is 0 Å². The Kier molecular flexibility index (Phi) is 6.18. The molecule has 0 atom stereocenters. The van der Waals surface area contributed by atoms with Crippen molar-refractivity contribution in [2.45, 2.75) is 40.2 Å². The Morgan fingerprint density at radius 1 is 1.17 bits per heavy atom. The van der Waals surface area contributed by atoms with Gasteiger partial charge in [-0.15, -0.1) is 0 Å². The molecule has 0 aliphatic rings. The van der Waals surface area contributed by atoms with Gasteiger partial charge in [-0.2, -0.15) is 0 Å². The van der Waals surface area contributed by atoms with Gasteiger partial charge in [-0.05, 0) is 57.5 Å². The van der Waals surface area contributed by atoms with E-state index in [1.54, 1.807) is 18.3 Å². The fourth-order valence-electron chi connectivity index (χ4n) is 3.06. The Bertz CT molecular complexity index is 1070. The van der Waals surface area contributed by atoms with E-state index in [2.05, 4.69) is 10.3 Å². The van der Waals surface area contributed by atoms with Gasteiger partial charge in [-0.3, -0.25) is 14.6 Å². The first-order chi connectivity index (χ1) is 13.8. The quantitative estimate of drug-likeness (QED) is 0.603. The van der Waals surface area contributed by atoms with Gasteiger partial charge in [0.1, 0.15) is 17.3 Å². The standard InChI is InChI=1S/C23H23ClN2O3/c1-13(2)26-23(28)19-11-21(29-22(19)17-7-5-6-8-20(17)24)18-10-16(9-15(4)27)25-12-14(18)3/h5-8,10-13H,9H2,1-4H3,(H,26,28). The molecule has 0 unspecified atom stereocenters. The van der Waals surface area contributed by atoms with Gasteiger partial charge in [-0.1, -0.05) is 23.7 Å². The number of pyridine rings is 1. The minimum absolute atomic E-state index is 0.0234. The SMILES string of the molecule is CC(=O)Cc1cc(-c2cc(C(=O)NC(C)C)c(-c3ccccc3Cl)o2)c(C)cn1. The van der Waals surface area contributed by atoms with Crippen LogP contribution in [0, 0.1) is 6.92 Å². The van der Waals surface area contributed by atoms with Gasteiger partial charge in [0.15, 0.2) is 0 Å². The molecule has 3 aromatic rings. The summed E-state index contributed by atoms with van der Waals surface area (Å²) in [6, 6.07) is 10.8. The fraction of sp³-hybridized carbons (Fsp3) is 0.261. The molecule has 29 heavy (non-hydrogen) atoms. The van der Waals surface area contributed by atoms with Crippen molar-refractivity contribution < 1.29 is 14.0 Å². The van der Waals surface area contributed by atoms with E-state index in [4.69, 9.17) is 16.0 Å². The van der Waals surface area contributed by atoms with Crippen LogP contribution in [0.25, 0.3) is 22.6 Å². The predicted molar refractivity (Wildman–Crippen MR) is 114 cm³/mol. The number of nitrogens with zero attached hydrogens (tertiary/aromatic N) is 1. The van der Waals surface area contributed by atoms with Crippen molar-refractivity contribution in [3.8, 4) is 22.6 Å². The van der Waals surface area contributed by atoms with Crippen LogP contribution < -0.4 is 5.32 Å². The van der Waals surface area contributed by atoms with E-state index in [9.17, 15) is 9.59 Å². The first-order valence-corrected chi connectivity index (χ1v) is 9.79. The van der Waals surface area contributed by atoms with Crippen molar-refractivity contribution in [3.05, 3.63) is 64.4 Å². The summed E-state index contributed by atoms with van der Waals surface area (Å²) in [7, 11) is 0. The Balaban J connectivity index is 2.16. The van der Waals surface area contributed by atoms with E-state index < -0.39 is 0 Å². The van der Waals surface area contributed by atoms with Gasteiger partial charge in [0.25, 0.3) is 5.91 Å². The van der Waals surface area contributed by atoms with E-state index in [0.717, 1.165) is 11.1 Å². The second-order valence-corrected chi connectivity index (χ2v) is 7.74. The molecule has 0 saturated carbocycles. The maximum Gasteiger partial charge on any atom is 0.255 e. The Morgan fingerprint density at radius 3 is 2.55 bits per heavy atom. The molecule has 5 nitrogen and oxygen atoms in total. The van der Waals surface area contributed by atoms with Crippen molar-refractivity contribution in [1.29, 1.82) is 0 Å². The van der Waals surface area contributed by atoms with Crippen LogP contribution in [-0.4, -0.2) is 22.7 Å². The highest BCUT2D eigenvalue weighted by molar-refractivity contribution is 6.33. The van der Waals surface area contributed by atoms with Crippen molar-refractivity contribution in [3.63, 3.8) is 0 Å². The summed E-state index contributed by atoms with van der Waals surface area (Å²) in [5, 5.41) is 3.40. The number of amides is 1. The molecule has 2 heterocycles. The van der Waals surface area contributed by atoms with Crippen LogP contribution in [-0.2, 0) is 11.2 Å². The first-order valence-electron chi connectivity index (χ1n) is 9.41. The minimum Gasteiger partial charge on any atom is -0.455 e. The Labute approximate surface area is 175 Å². The predicted octanol–water partition coefficient (Wildman–Crippen LogP) is 5.24. The number of halogens is 1. The molecular formula is C23H23ClN2O3. The van der Waals surface area contributed by atoms with Crippen molar-refractivity contribution in [1.82, 2.24) is 10.3 Å². The zero-order valence-corrected chi connectivity index (χ0v) is 17.6. The lowest BCUT2D eigenvalue weighted by atomic mass is 10.0. The van der Waals surface area contributed by atoms with E-state index in [1.165, 1.54) is 6.92 Å². The third-order valence-electron chi connectivity index (χ3n) is 4.37. The number of hydrogen-bond donors (Lipinski definition) is 1. The summed E-state index contributed by atoms with van der Waals surface area (Å²) in [4.78, 5) is 28.6. The molecule has 0 bridgehead atoms. The monoisotopic (exact) mass is 410 g/mol. The van der Waals surface area contributed by atoms with Crippen LogP contribution in [0.5, 0.6) is 0 Å². The van der Waals surface area contributed by atoms with Crippen LogP contribution in [0.15, 0.2) is 47.0 Å². The Hall–Kier alpha value is -2.92. The molecule has 6 heteroatoms. The lowest BCUT2D eigenvalue weighted by molar-refractivity contribution is -0.116. The highest BCUT2D eigenvalue weighted by Crippen LogP contribution is 2.37. The van der Waals surface area contributed by atoms with E-state index in [-0.39, 0.29) is 24.2 Å². The number of Topliss-reactive ketones (excluding diaryl/α,β-unsaturated/α-hetero) is 1. The maximum atomic E-state index is 12.8. The number of ketones is 1. The topological polar surface area (TPSA) is 72.2 Å². The highest BCUT2D eigenvalue weighted by Gasteiger charge is 2.23. The fourth-order valence-corrected chi connectivity index (χ4v) is 3.28. The molecule has 0 aliphatic heterocycles. The molecule has 3 rings (SSSR count). The number of aromatic nitrogens is 1. The summed E-state index contributed by atoms with van der Waals surface area (Å²) >= 11 is 6.37.